The second-order valence-electron chi connectivity index (χ2n) is 20.2. The van der Waals surface area contributed by atoms with E-state index in [-0.39, 0.29) is 33.5 Å². The summed E-state index contributed by atoms with van der Waals surface area (Å²) in [4.78, 5) is 13.6. The highest BCUT2D eigenvalue weighted by Gasteiger charge is 2.53. The van der Waals surface area contributed by atoms with Crippen LogP contribution in [0.5, 0.6) is 0 Å². The van der Waals surface area contributed by atoms with Crippen LogP contribution in [0.3, 0.4) is 0 Å². The average molecular weight is 725 g/mol. The molecule has 5 rings (SSSR count). The van der Waals surface area contributed by atoms with Crippen molar-refractivity contribution < 1.29 is 23.1 Å². The van der Waals surface area contributed by atoms with Gasteiger partial charge in [-0.15, -0.1) is 0 Å². The summed E-state index contributed by atoms with van der Waals surface area (Å²) >= 11 is 0. The van der Waals surface area contributed by atoms with E-state index < -0.39 is 22.4 Å². The molecule has 1 saturated heterocycles. The van der Waals surface area contributed by atoms with Crippen LogP contribution in [0, 0.1) is 29.1 Å². The standard InChI is InChI=1S/C43H72O5Si2/c1-29-27-45-43(46-28-29)23-21-34(39(43)44)24-30(2)36-19-20-37-32(16-15-22-42(36,37)10)17-18-33-25-35(47-49(11,12)40(4,5)6)26-38(31(33)3)48-50(13,14)41(7,8)9/h17-18,24,29-30,35-38H,3,15-16,19-23,25-28H2,1-2,4-14H3/b32-17+,33-18-,34-24+/t29?,30?,35-,36-,37?,38+,42-,43?/m1/s1. The van der Waals surface area contributed by atoms with Gasteiger partial charge in [0.05, 0.1) is 25.4 Å². The van der Waals surface area contributed by atoms with Crippen LogP contribution >= 0.6 is 0 Å². The number of hydrogen-bond donors (Lipinski definition) is 0. The van der Waals surface area contributed by atoms with Gasteiger partial charge in [-0.05, 0) is 121 Å². The van der Waals surface area contributed by atoms with E-state index in [1.54, 1.807) is 5.57 Å². The zero-order valence-electron chi connectivity index (χ0n) is 34.2. The molecule has 0 aromatic carbocycles. The molecule has 1 spiro atoms. The Balaban J connectivity index is 1.36. The zero-order chi connectivity index (χ0) is 37.1. The summed E-state index contributed by atoms with van der Waals surface area (Å²) in [7, 11) is -3.97. The number of fused-ring (bicyclic) bond motifs is 1. The molecule has 0 radical (unpaired) electrons. The number of allylic oxidation sites excluding steroid dienone is 4. The van der Waals surface area contributed by atoms with E-state index in [0.717, 1.165) is 30.4 Å². The minimum Gasteiger partial charge on any atom is -0.413 e. The first-order valence-electron chi connectivity index (χ1n) is 20.0. The second-order valence-corrected chi connectivity index (χ2v) is 29.7. The summed E-state index contributed by atoms with van der Waals surface area (Å²) in [5.41, 5.74) is 5.23. The molecule has 0 aromatic rings. The summed E-state index contributed by atoms with van der Waals surface area (Å²) in [5.74, 6) is 0.867. The van der Waals surface area contributed by atoms with E-state index >= 15 is 0 Å². The first kappa shape index (κ1) is 40.1. The molecule has 6 atom stereocenters. The number of ketones is 1. The minimum absolute atomic E-state index is 0.00400. The number of ether oxygens (including phenoxy) is 2. The van der Waals surface area contributed by atoms with Crippen molar-refractivity contribution in [3.05, 3.63) is 47.1 Å². The molecule has 1 heterocycles. The van der Waals surface area contributed by atoms with E-state index in [1.807, 2.05) is 0 Å². The summed E-state index contributed by atoms with van der Waals surface area (Å²) in [5, 5.41) is 0.290. The fourth-order valence-corrected chi connectivity index (χ4v) is 11.9. The third kappa shape index (κ3) is 7.89. The van der Waals surface area contributed by atoms with Crippen LogP contribution in [-0.4, -0.2) is 53.6 Å². The maximum atomic E-state index is 13.6. The topological polar surface area (TPSA) is 54.0 Å². The van der Waals surface area contributed by atoms with Crippen molar-refractivity contribution in [1.82, 2.24) is 0 Å². The van der Waals surface area contributed by atoms with Crippen LogP contribution in [0.15, 0.2) is 47.1 Å². The Morgan fingerprint density at radius 3 is 2.14 bits per heavy atom. The predicted molar refractivity (Wildman–Crippen MR) is 212 cm³/mol. The summed E-state index contributed by atoms with van der Waals surface area (Å²) in [6, 6.07) is 0. The lowest BCUT2D eigenvalue weighted by atomic mass is 9.61. The van der Waals surface area contributed by atoms with Gasteiger partial charge >= 0.3 is 0 Å². The van der Waals surface area contributed by atoms with Crippen LogP contribution in [0.1, 0.15) is 120 Å². The van der Waals surface area contributed by atoms with Gasteiger partial charge in [-0.25, -0.2) is 0 Å². The van der Waals surface area contributed by atoms with Gasteiger partial charge in [0.2, 0.25) is 11.6 Å². The largest absolute Gasteiger partial charge is 0.413 e. The highest BCUT2D eigenvalue weighted by molar-refractivity contribution is 6.74. The van der Waals surface area contributed by atoms with Gasteiger partial charge in [0.1, 0.15) is 0 Å². The summed E-state index contributed by atoms with van der Waals surface area (Å²) in [6.45, 7) is 36.3. The fourth-order valence-electron chi connectivity index (χ4n) is 9.19. The number of Topliss-reactive ketones (excluding diaryl/α,β-unsaturated/α-hetero) is 1. The van der Waals surface area contributed by atoms with Gasteiger partial charge < -0.3 is 18.3 Å². The van der Waals surface area contributed by atoms with Gasteiger partial charge in [0.15, 0.2) is 16.6 Å². The molecule has 282 valence electrons. The van der Waals surface area contributed by atoms with E-state index in [0.29, 0.717) is 43.3 Å². The molecule has 2 unspecified atom stereocenters. The molecule has 4 saturated carbocycles. The quantitative estimate of drug-likeness (QED) is 0.193. The predicted octanol–water partition coefficient (Wildman–Crippen LogP) is 11.5. The van der Waals surface area contributed by atoms with E-state index in [4.69, 9.17) is 24.9 Å². The molecule has 5 aliphatic rings. The van der Waals surface area contributed by atoms with Crippen LogP contribution < -0.4 is 0 Å². The molecule has 50 heavy (non-hydrogen) atoms. The molecule has 5 nitrogen and oxygen atoms in total. The van der Waals surface area contributed by atoms with Gasteiger partial charge in [0, 0.05) is 18.8 Å². The second kappa shape index (κ2) is 14.3. The van der Waals surface area contributed by atoms with E-state index in [1.165, 1.54) is 37.7 Å². The third-order valence-electron chi connectivity index (χ3n) is 14.4. The zero-order valence-corrected chi connectivity index (χ0v) is 36.2. The number of carbonyl (C=O) groups is 1. The lowest BCUT2D eigenvalue weighted by molar-refractivity contribution is -0.260. The minimum atomic E-state index is -2.01. The molecule has 1 aliphatic heterocycles. The van der Waals surface area contributed by atoms with E-state index in [2.05, 4.69) is 107 Å². The Labute approximate surface area is 308 Å². The Bertz CT molecular complexity index is 1380. The van der Waals surface area contributed by atoms with Crippen LogP contribution in [-0.2, 0) is 23.1 Å². The summed E-state index contributed by atoms with van der Waals surface area (Å²) < 4.78 is 26.3. The molecular weight excluding hydrogens is 653 g/mol. The third-order valence-corrected chi connectivity index (χ3v) is 23.5. The van der Waals surface area contributed by atoms with Crippen molar-refractivity contribution in [2.45, 2.75) is 174 Å². The maximum absolute atomic E-state index is 13.6. The maximum Gasteiger partial charge on any atom is 0.233 e. The highest BCUT2D eigenvalue weighted by Crippen LogP contribution is 2.60. The average Bonchev–Trinajstić information content (AvgIpc) is 3.50. The van der Waals surface area contributed by atoms with Gasteiger partial charge in [-0.3, -0.25) is 4.79 Å². The molecule has 5 fully saturated rings. The normalized spacial score (nSPS) is 37.7. The highest BCUT2D eigenvalue weighted by atomic mass is 28.4. The molecular formula is C43H72O5Si2. The molecule has 0 bridgehead atoms. The van der Waals surface area contributed by atoms with Crippen LogP contribution in [0.2, 0.25) is 36.3 Å². The molecule has 0 N–H and O–H groups in total. The van der Waals surface area contributed by atoms with Crippen molar-refractivity contribution in [2.75, 3.05) is 13.2 Å². The number of rotatable bonds is 7. The Morgan fingerprint density at radius 2 is 1.52 bits per heavy atom. The van der Waals surface area contributed by atoms with Crippen molar-refractivity contribution in [3.8, 4) is 0 Å². The van der Waals surface area contributed by atoms with Crippen LogP contribution in [0.25, 0.3) is 0 Å². The summed E-state index contributed by atoms with van der Waals surface area (Å²) in [6.07, 6.45) is 16.6. The SMILES string of the molecule is C=C1/C(=C\C=C2/CCC[C@@]3(C)C2CC[C@@H]3C(C)/C=C2\CCC3(OCC(C)CO3)C2=O)C[C@@H](O[Si](C)(C)C(C)(C)C)C[C@@H]1O[Si](C)(C)C(C)(C)C. The van der Waals surface area contributed by atoms with E-state index in [9.17, 15) is 4.79 Å². The van der Waals surface area contributed by atoms with Crippen molar-refractivity contribution in [1.29, 1.82) is 0 Å². The van der Waals surface area contributed by atoms with Gasteiger partial charge in [0.25, 0.3) is 0 Å². The molecule has 7 heteroatoms. The molecule has 4 aliphatic carbocycles. The van der Waals surface area contributed by atoms with Gasteiger partial charge in [-0.1, -0.05) is 92.7 Å². The smallest absolute Gasteiger partial charge is 0.233 e. The van der Waals surface area contributed by atoms with Gasteiger partial charge in [-0.2, -0.15) is 0 Å². The number of hydrogen-bond acceptors (Lipinski definition) is 5. The monoisotopic (exact) mass is 724 g/mol. The first-order chi connectivity index (χ1) is 23.0. The Kier molecular flexibility index (Phi) is 11.5. The Hall–Kier alpha value is -1.10. The number of carbonyl (C=O) groups excluding carboxylic acids is 1. The first-order valence-corrected chi connectivity index (χ1v) is 25.8. The van der Waals surface area contributed by atoms with Crippen molar-refractivity contribution >= 4 is 22.4 Å². The Morgan fingerprint density at radius 1 is 0.900 bits per heavy atom. The molecule has 0 amide bonds. The van der Waals surface area contributed by atoms with Crippen molar-refractivity contribution in [2.24, 2.45) is 29.1 Å². The fraction of sp³-hybridized carbons (Fsp3) is 0.791. The lowest BCUT2D eigenvalue weighted by Gasteiger charge is -2.45. The lowest BCUT2D eigenvalue weighted by Crippen LogP contribution is -2.49. The van der Waals surface area contributed by atoms with Crippen molar-refractivity contribution in [3.63, 3.8) is 0 Å². The molecule has 0 aromatic heterocycles. The van der Waals surface area contributed by atoms with Crippen LogP contribution in [0.4, 0.5) is 0 Å².